The summed E-state index contributed by atoms with van der Waals surface area (Å²) in [4.78, 5) is 12.8. The largest absolute Gasteiger partial charge is 0.288 e. The number of thiophene rings is 1. The van der Waals surface area contributed by atoms with Crippen molar-refractivity contribution in [2.24, 2.45) is 0 Å². The summed E-state index contributed by atoms with van der Waals surface area (Å²) in [5.74, 6) is 0.0166. The van der Waals surface area contributed by atoms with Crippen molar-refractivity contribution in [1.82, 2.24) is 0 Å². The van der Waals surface area contributed by atoms with Crippen LogP contribution in [0.15, 0.2) is 35.7 Å². The van der Waals surface area contributed by atoms with Gasteiger partial charge in [-0.25, -0.2) is 0 Å². The first-order valence-corrected chi connectivity index (χ1v) is 6.84. The molecule has 0 saturated carbocycles. The third-order valence-corrected chi connectivity index (χ3v) is 3.89. The number of hydrogen-bond acceptors (Lipinski definition) is 2. The van der Waals surface area contributed by atoms with Crippen LogP contribution in [0.3, 0.4) is 0 Å². The van der Waals surface area contributed by atoms with Gasteiger partial charge in [0.05, 0.1) is 9.90 Å². The Kier molecular flexibility index (Phi) is 3.97. The number of ketones is 1. The van der Waals surface area contributed by atoms with E-state index >= 15 is 0 Å². The minimum absolute atomic E-state index is 0.0166. The first-order valence-electron chi connectivity index (χ1n) is 5.59. The van der Waals surface area contributed by atoms with Crippen LogP contribution in [-0.4, -0.2) is 5.78 Å². The molecule has 0 spiro atoms. The van der Waals surface area contributed by atoms with Crippen molar-refractivity contribution in [3.8, 4) is 0 Å². The molecule has 0 atom stereocenters. The summed E-state index contributed by atoms with van der Waals surface area (Å²) in [6, 6.07) is 9.55. The molecule has 88 valence electrons. The summed E-state index contributed by atoms with van der Waals surface area (Å²) in [7, 11) is 0. The normalized spacial score (nSPS) is 10.5. The molecule has 1 heterocycles. The summed E-state index contributed by atoms with van der Waals surface area (Å²) in [6.45, 7) is 2.13. The minimum atomic E-state index is 0.0166. The zero-order chi connectivity index (χ0) is 12.3. The molecule has 0 amide bonds. The molecule has 1 aromatic heterocycles. The van der Waals surface area contributed by atoms with E-state index in [1.165, 1.54) is 16.9 Å². The van der Waals surface area contributed by atoms with Crippen molar-refractivity contribution in [1.29, 1.82) is 0 Å². The maximum Gasteiger partial charge on any atom is 0.204 e. The molecule has 0 aliphatic rings. The van der Waals surface area contributed by atoms with E-state index in [2.05, 4.69) is 13.0 Å². The van der Waals surface area contributed by atoms with Gasteiger partial charge >= 0.3 is 0 Å². The second-order valence-corrected chi connectivity index (χ2v) is 5.20. The molecule has 0 aliphatic heterocycles. The van der Waals surface area contributed by atoms with Crippen molar-refractivity contribution < 1.29 is 4.79 Å². The van der Waals surface area contributed by atoms with E-state index in [0.717, 1.165) is 18.4 Å². The SMILES string of the molecule is CCCc1cccc(C(=O)c2sccc2Cl)c1. The Hall–Kier alpha value is -1.12. The lowest BCUT2D eigenvalue weighted by Crippen LogP contribution is -2.00. The van der Waals surface area contributed by atoms with E-state index in [0.29, 0.717) is 9.90 Å². The molecule has 0 radical (unpaired) electrons. The summed E-state index contributed by atoms with van der Waals surface area (Å²) >= 11 is 7.37. The van der Waals surface area contributed by atoms with Crippen LogP contribution in [-0.2, 0) is 6.42 Å². The molecule has 0 aliphatic carbocycles. The van der Waals surface area contributed by atoms with Gasteiger partial charge in [-0.3, -0.25) is 4.79 Å². The van der Waals surface area contributed by atoms with Crippen LogP contribution in [0.5, 0.6) is 0 Å². The van der Waals surface area contributed by atoms with Crippen LogP contribution in [0.4, 0.5) is 0 Å². The lowest BCUT2D eigenvalue weighted by Gasteiger charge is -2.03. The summed E-state index contributed by atoms with van der Waals surface area (Å²) in [5, 5.41) is 2.38. The van der Waals surface area contributed by atoms with E-state index in [4.69, 9.17) is 11.6 Å². The molecule has 0 bridgehead atoms. The molecule has 2 rings (SSSR count). The van der Waals surface area contributed by atoms with Crippen LogP contribution < -0.4 is 0 Å². The summed E-state index contributed by atoms with van der Waals surface area (Å²) < 4.78 is 0. The van der Waals surface area contributed by atoms with Gasteiger partial charge in [0.1, 0.15) is 0 Å². The van der Waals surface area contributed by atoms with Gasteiger partial charge in [-0.15, -0.1) is 11.3 Å². The molecular formula is C14H13ClOS. The highest BCUT2D eigenvalue weighted by Crippen LogP contribution is 2.25. The molecule has 17 heavy (non-hydrogen) atoms. The Morgan fingerprint density at radius 3 is 2.82 bits per heavy atom. The van der Waals surface area contributed by atoms with Crippen molar-refractivity contribution in [2.75, 3.05) is 0 Å². The van der Waals surface area contributed by atoms with Crippen LogP contribution >= 0.6 is 22.9 Å². The lowest BCUT2D eigenvalue weighted by atomic mass is 10.0. The molecule has 2 aromatic rings. The second-order valence-electron chi connectivity index (χ2n) is 3.88. The number of hydrogen-bond donors (Lipinski definition) is 0. The van der Waals surface area contributed by atoms with Gasteiger partial charge in [-0.2, -0.15) is 0 Å². The van der Waals surface area contributed by atoms with Crippen LogP contribution in [0.2, 0.25) is 5.02 Å². The molecule has 0 unspecified atom stereocenters. The third-order valence-electron chi connectivity index (χ3n) is 2.55. The number of rotatable bonds is 4. The van der Waals surface area contributed by atoms with Crippen LogP contribution in [0.1, 0.15) is 34.1 Å². The maximum absolute atomic E-state index is 12.2. The highest BCUT2D eigenvalue weighted by Gasteiger charge is 2.14. The van der Waals surface area contributed by atoms with Gasteiger partial charge in [-0.05, 0) is 29.5 Å². The first-order chi connectivity index (χ1) is 8.22. The molecule has 0 saturated heterocycles. The van der Waals surface area contributed by atoms with Gasteiger partial charge in [0.25, 0.3) is 0 Å². The predicted octanol–water partition coefficient (Wildman–Crippen LogP) is 4.59. The highest BCUT2D eigenvalue weighted by molar-refractivity contribution is 7.13. The minimum Gasteiger partial charge on any atom is -0.288 e. The van der Waals surface area contributed by atoms with E-state index in [1.807, 2.05) is 23.6 Å². The summed E-state index contributed by atoms with van der Waals surface area (Å²) in [5.41, 5.74) is 1.92. The topological polar surface area (TPSA) is 17.1 Å². The molecule has 3 heteroatoms. The number of benzene rings is 1. The summed E-state index contributed by atoms with van der Waals surface area (Å²) in [6.07, 6.45) is 2.08. The maximum atomic E-state index is 12.2. The van der Waals surface area contributed by atoms with Crippen molar-refractivity contribution in [3.05, 3.63) is 56.7 Å². The lowest BCUT2D eigenvalue weighted by molar-refractivity contribution is 0.104. The molecule has 0 fully saturated rings. The third kappa shape index (κ3) is 2.76. The van der Waals surface area contributed by atoms with E-state index in [1.54, 1.807) is 6.07 Å². The standard InChI is InChI=1S/C14H13ClOS/c1-2-4-10-5-3-6-11(9-10)13(16)14-12(15)7-8-17-14/h3,5-9H,2,4H2,1H3. The zero-order valence-corrected chi connectivity index (χ0v) is 11.1. The molecule has 0 N–H and O–H groups in total. The van der Waals surface area contributed by atoms with Crippen molar-refractivity contribution in [2.45, 2.75) is 19.8 Å². The van der Waals surface area contributed by atoms with Crippen molar-refractivity contribution >= 4 is 28.7 Å². The fourth-order valence-corrected chi connectivity index (χ4v) is 2.85. The average Bonchev–Trinajstić information content (AvgIpc) is 2.75. The Labute approximate surface area is 110 Å². The van der Waals surface area contributed by atoms with Gasteiger partial charge in [0.2, 0.25) is 5.78 Å². The Morgan fingerprint density at radius 1 is 1.35 bits per heavy atom. The predicted molar refractivity (Wildman–Crippen MR) is 73.2 cm³/mol. The molecular weight excluding hydrogens is 252 g/mol. The van der Waals surface area contributed by atoms with Gasteiger partial charge in [-0.1, -0.05) is 43.1 Å². The second kappa shape index (κ2) is 5.48. The number of halogens is 1. The van der Waals surface area contributed by atoms with E-state index in [-0.39, 0.29) is 5.78 Å². The zero-order valence-electron chi connectivity index (χ0n) is 9.57. The van der Waals surface area contributed by atoms with Crippen LogP contribution in [0.25, 0.3) is 0 Å². The average molecular weight is 265 g/mol. The quantitative estimate of drug-likeness (QED) is 0.739. The van der Waals surface area contributed by atoms with Gasteiger partial charge in [0, 0.05) is 5.56 Å². The monoisotopic (exact) mass is 264 g/mol. The Bertz CT molecular complexity index is 531. The number of aryl methyl sites for hydroxylation is 1. The van der Waals surface area contributed by atoms with Gasteiger partial charge in [0.15, 0.2) is 0 Å². The fraction of sp³-hybridized carbons (Fsp3) is 0.214. The van der Waals surface area contributed by atoms with Crippen LogP contribution in [0, 0.1) is 0 Å². The highest BCUT2D eigenvalue weighted by atomic mass is 35.5. The molecule has 1 nitrogen and oxygen atoms in total. The van der Waals surface area contributed by atoms with E-state index in [9.17, 15) is 4.79 Å². The molecule has 1 aromatic carbocycles. The first kappa shape index (κ1) is 12.3. The van der Waals surface area contributed by atoms with Crippen molar-refractivity contribution in [3.63, 3.8) is 0 Å². The number of carbonyl (C=O) groups excluding carboxylic acids is 1. The number of carbonyl (C=O) groups is 1. The van der Waals surface area contributed by atoms with Gasteiger partial charge < -0.3 is 0 Å². The fourth-order valence-electron chi connectivity index (χ4n) is 1.74. The Balaban J connectivity index is 2.31. The van der Waals surface area contributed by atoms with E-state index < -0.39 is 0 Å². The Morgan fingerprint density at radius 2 is 2.18 bits per heavy atom. The smallest absolute Gasteiger partial charge is 0.204 e.